The summed E-state index contributed by atoms with van der Waals surface area (Å²) in [5.74, 6) is 2.08. The molecule has 1 amide bonds. The summed E-state index contributed by atoms with van der Waals surface area (Å²) in [7, 11) is 4.79. The van der Waals surface area contributed by atoms with Crippen molar-refractivity contribution in [2.24, 2.45) is 0 Å². The average molecular weight is 335 g/mol. The quantitative estimate of drug-likeness (QED) is 0.766. The van der Waals surface area contributed by atoms with Crippen molar-refractivity contribution >= 4 is 5.91 Å². The van der Waals surface area contributed by atoms with Crippen LogP contribution in [0.5, 0.6) is 17.2 Å². The maximum Gasteiger partial charge on any atom is 0.223 e. The van der Waals surface area contributed by atoms with Gasteiger partial charge in [0.05, 0.1) is 21.3 Å². The SMILES string of the molecule is CC[C@@H]1CCCCN1C(=O)CCc1cc(OC)c(OC)c(OC)c1. The Kier molecular flexibility index (Phi) is 6.76. The number of carbonyl (C=O) groups is 1. The average Bonchev–Trinajstić information content (AvgIpc) is 2.64. The zero-order valence-corrected chi connectivity index (χ0v) is 15.3. The lowest BCUT2D eigenvalue weighted by Crippen LogP contribution is -2.43. The first kappa shape index (κ1) is 18.4. The fourth-order valence-electron chi connectivity index (χ4n) is 3.43. The van der Waals surface area contributed by atoms with Gasteiger partial charge in [0.25, 0.3) is 0 Å². The minimum atomic E-state index is 0.246. The van der Waals surface area contributed by atoms with Gasteiger partial charge in [-0.05, 0) is 49.8 Å². The van der Waals surface area contributed by atoms with Gasteiger partial charge in [-0.15, -0.1) is 0 Å². The van der Waals surface area contributed by atoms with Crippen molar-refractivity contribution in [2.75, 3.05) is 27.9 Å². The molecule has 134 valence electrons. The standard InChI is InChI=1S/C19H29NO4/c1-5-15-8-6-7-11-20(15)18(21)10-9-14-12-16(22-2)19(24-4)17(13-14)23-3/h12-13,15H,5-11H2,1-4H3/t15-/m1/s1. The van der Waals surface area contributed by atoms with E-state index in [9.17, 15) is 4.79 Å². The van der Waals surface area contributed by atoms with E-state index in [0.717, 1.165) is 31.4 Å². The van der Waals surface area contributed by atoms with E-state index in [0.29, 0.717) is 36.1 Å². The molecule has 1 saturated heterocycles. The van der Waals surface area contributed by atoms with Crippen LogP contribution >= 0.6 is 0 Å². The van der Waals surface area contributed by atoms with Crippen molar-refractivity contribution < 1.29 is 19.0 Å². The highest BCUT2D eigenvalue weighted by molar-refractivity contribution is 5.77. The van der Waals surface area contributed by atoms with Crippen molar-refractivity contribution in [2.45, 2.75) is 51.5 Å². The van der Waals surface area contributed by atoms with Crippen LogP contribution in [0.4, 0.5) is 0 Å². The van der Waals surface area contributed by atoms with Gasteiger partial charge in [0.1, 0.15) is 0 Å². The Morgan fingerprint density at radius 2 is 1.79 bits per heavy atom. The summed E-state index contributed by atoms with van der Waals surface area (Å²) in [4.78, 5) is 14.7. The summed E-state index contributed by atoms with van der Waals surface area (Å²) in [5.41, 5.74) is 1.02. The smallest absolute Gasteiger partial charge is 0.223 e. The monoisotopic (exact) mass is 335 g/mol. The molecule has 0 saturated carbocycles. The molecule has 0 N–H and O–H groups in total. The van der Waals surface area contributed by atoms with Crippen LogP contribution in [0.25, 0.3) is 0 Å². The Hall–Kier alpha value is -1.91. The van der Waals surface area contributed by atoms with Gasteiger partial charge in [-0.2, -0.15) is 0 Å². The number of hydrogen-bond donors (Lipinski definition) is 0. The molecular weight excluding hydrogens is 306 g/mol. The van der Waals surface area contributed by atoms with Crippen LogP contribution in [0.3, 0.4) is 0 Å². The number of nitrogens with zero attached hydrogens (tertiary/aromatic N) is 1. The second kappa shape index (κ2) is 8.81. The molecule has 5 nitrogen and oxygen atoms in total. The molecule has 1 aliphatic heterocycles. The third kappa shape index (κ3) is 4.13. The molecule has 0 radical (unpaired) electrons. The lowest BCUT2D eigenvalue weighted by atomic mass is 9.99. The molecule has 0 bridgehead atoms. The van der Waals surface area contributed by atoms with E-state index < -0.39 is 0 Å². The van der Waals surface area contributed by atoms with E-state index in [1.54, 1.807) is 21.3 Å². The maximum absolute atomic E-state index is 12.6. The van der Waals surface area contributed by atoms with Crippen LogP contribution in [-0.2, 0) is 11.2 Å². The van der Waals surface area contributed by atoms with Gasteiger partial charge in [0.15, 0.2) is 11.5 Å². The van der Waals surface area contributed by atoms with Crippen LogP contribution in [0.1, 0.15) is 44.6 Å². The number of carbonyl (C=O) groups excluding carboxylic acids is 1. The van der Waals surface area contributed by atoms with Crippen LogP contribution in [0.15, 0.2) is 12.1 Å². The molecule has 1 heterocycles. The van der Waals surface area contributed by atoms with Crippen molar-refractivity contribution in [3.05, 3.63) is 17.7 Å². The number of hydrogen-bond acceptors (Lipinski definition) is 4. The van der Waals surface area contributed by atoms with Crippen LogP contribution < -0.4 is 14.2 Å². The molecule has 1 aromatic rings. The van der Waals surface area contributed by atoms with Crippen molar-refractivity contribution in [1.82, 2.24) is 4.90 Å². The fraction of sp³-hybridized carbons (Fsp3) is 0.632. The number of amides is 1. The molecule has 0 unspecified atom stereocenters. The van der Waals surface area contributed by atoms with E-state index in [-0.39, 0.29) is 5.91 Å². The second-order valence-corrected chi connectivity index (χ2v) is 6.18. The summed E-state index contributed by atoms with van der Waals surface area (Å²) in [6, 6.07) is 4.25. The molecule has 1 fully saturated rings. The highest BCUT2D eigenvalue weighted by atomic mass is 16.5. The highest BCUT2D eigenvalue weighted by Crippen LogP contribution is 2.38. The molecule has 24 heavy (non-hydrogen) atoms. The zero-order valence-electron chi connectivity index (χ0n) is 15.3. The molecule has 1 aliphatic rings. The van der Waals surface area contributed by atoms with Gasteiger partial charge in [-0.1, -0.05) is 6.92 Å². The van der Waals surface area contributed by atoms with Crippen molar-refractivity contribution in [1.29, 1.82) is 0 Å². The Labute approximate surface area is 144 Å². The fourth-order valence-corrected chi connectivity index (χ4v) is 3.43. The summed E-state index contributed by atoms with van der Waals surface area (Å²) in [6.45, 7) is 3.06. The third-order valence-electron chi connectivity index (χ3n) is 4.77. The topological polar surface area (TPSA) is 48.0 Å². The predicted octanol–water partition coefficient (Wildman–Crippen LogP) is 3.44. The number of rotatable bonds is 7. The number of ether oxygens (including phenoxy) is 3. The van der Waals surface area contributed by atoms with Crippen LogP contribution in [0, 0.1) is 0 Å². The zero-order chi connectivity index (χ0) is 17.5. The number of piperidine rings is 1. The summed E-state index contributed by atoms with van der Waals surface area (Å²) in [6.07, 6.45) is 5.70. The van der Waals surface area contributed by atoms with E-state index in [4.69, 9.17) is 14.2 Å². The largest absolute Gasteiger partial charge is 0.493 e. The highest BCUT2D eigenvalue weighted by Gasteiger charge is 2.25. The van der Waals surface area contributed by atoms with Gasteiger partial charge in [0.2, 0.25) is 11.7 Å². The Bertz CT molecular complexity index is 533. The minimum Gasteiger partial charge on any atom is -0.493 e. The van der Waals surface area contributed by atoms with E-state index >= 15 is 0 Å². The molecule has 1 atom stereocenters. The maximum atomic E-state index is 12.6. The van der Waals surface area contributed by atoms with Gasteiger partial charge >= 0.3 is 0 Å². The summed E-state index contributed by atoms with van der Waals surface area (Å²) < 4.78 is 16.1. The number of likely N-dealkylation sites (tertiary alicyclic amines) is 1. The normalized spacial score (nSPS) is 17.5. The first-order chi connectivity index (χ1) is 11.6. The molecule has 1 aromatic carbocycles. The van der Waals surface area contributed by atoms with Gasteiger partial charge in [0, 0.05) is 19.0 Å². The molecule has 0 aromatic heterocycles. The number of aryl methyl sites for hydroxylation is 1. The third-order valence-corrected chi connectivity index (χ3v) is 4.77. The van der Waals surface area contributed by atoms with E-state index in [2.05, 4.69) is 11.8 Å². The van der Waals surface area contributed by atoms with Gasteiger partial charge < -0.3 is 19.1 Å². The summed E-state index contributed by atoms with van der Waals surface area (Å²) >= 11 is 0. The van der Waals surface area contributed by atoms with E-state index in [1.165, 1.54) is 6.42 Å². The molecule has 0 aliphatic carbocycles. The lowest BCUT2D eigenvalue weighted by Gasteiger charge is -2.35. The van der Waals surface area contributed by atoms with Crippen molar-refractivity contribution in [3.8, 4) is 17.2 Å². The molecular formula is C19H29NO4. The van der Waals surface area contributed by atoms with Crippen LogP contribution in [0.2, 0.25) is 0 Å². The molecule has 5 heteroatoms. The molecule has 0 spiro atoms. The van der Waals surface area contributed by atoms with Gasteiger partial charge in [-0.25, -0.2) is 0 Å². The van der Waals surface area contributed by atoms with E-state index in [1.807, 2.05) is 12.1 Å². The Balaban J connectivity index is 2.06. The van der Waals surface area contributed by atoms with Gasteiger partial charge in [-0.3, -0.25) is 4.79 Å². The molecule has 2 rings (SSSR count). The lowest BCUT2D eigenvalue weighted by molar-refractivity contribution is -0.134. The first-order valence-corrected chi connectivity index (χ1v) is 8.72. The number of benzene rings is 1. The van der Waals surface area contributed by atoms with Crippen LogP contribution in [-0.4, -0.2) is 44.7 Å². The first-order valence-electron chi connectivity index (χ1n) is 8.72. The Morgan fingerprint density at radius 1 is 1.12 bits per heavy atom. The minimum absolute atomic E-state index is 0.246. The Morgan fingerprint density at radius 3 is 2.33 bits per heavy atom. The second-order valence-electron chi connectivity index (χ2n) is 6.18. The number of methoxy groups -OCH3 is 3. The predicted molar refractivity (Wildman–Crippen MR) is 94.1 cm³/mol. The summed E-state index contributed by atoms with van der Waals surface area (Å²) in [5, 5.41) is 0. The van der Waals surface area contributed by atoms with Crippen molar-refractivity contribution in [3.63, 3.8) is 0 Å².